The second-order valence-electron chi connectivity index (χ2n) is 4.27. The fraction of sp³-hybridized carbons (Fsp3) is 0.357. The van der Waals surface area contributed by atoms with Crippen molar-refractivity contribution in [3.63, 3.8) is 0 Å². The Morgan fingerprint density at radius 1 is 1.47 bits per heavy atom. The number of hydrogen-bond donors (Lipinski definition) is 0. The molecule has 1 aromatic carbocycles. The van der Waals surface area contributed by atoms with Crippen LogP contribution in [-0.4, -0.2) is 17.4 Å². The predicted octanol–water partition coefficient (Wildman–Crippen LogP) is 3.58. The van der Waals surface area contributed by atoms with Gasteiger partial charge in [0.1, 0.15) is 0 Å². The maximum Gasteiger partial charge on any atom is 0.223 e. The number of amides is 1. The van der Waals surface area contributed by atoms with Crippen molar-refractivity contribution in [3.05, 3.63) is 47.5 Å². The van der Waals surface area contributed by atoms with Gasteiger partial charge in [-0.1, -0.05) is 29.8 Å². The Labute approximate surface area is 107 Å². The lowest BCUT2D eigenvalue weighted by Crippen LogP contribution is -2.44. The molecule has 17 heavy (non-hydrogen) atoms. The zero-order chi connectivity index (χ0) is 12.3. The predicted molar refractivity (Wildman–Crippen MR) is 70.0 cm³/mol. The molecule has 90 valence electrons. The first-order chi connectivity index (χ1) is 8.22. The summed E-state index contributed by atoms with van der Waals surface area (Å²) in [6, 6.07) is 7.99. The molecule has 3 heteroatoms. The highest BCUT2D eigenvalue weighted by molar-refractivity contribution is 6.30. The zero-order valence-electron chi connectivity index (χ0n) is 9.73. The summed E-state index contributed by atoms with van der Waals surface area (Å²) in [7, 11) is 0. The Hall–Kier alpha value is -1.28. The molecule has 0 aliphatic carbocycles. The molecule has 2 nitrogen and oxygen atoms in total. The van der Waals surface area contributed by atoms with Gasteiger partial charge in [-0.05, 0) is 30.5 Å². The molecular formula is C14H16ClNO. The fourth-order valence-electron chi connectivity index (χ4n) is 2.09. The Morgan fingerprint density at radius 3 is 2.71 bits per heavy atom. The van der Waals surface area contributed by atoms with E-state index in [9.17, 15) is 4.79 Å². The van der Waals surface area contributed by atoms with Crippen molar-refractivity contribution in [2.24, 2.45) is 0 Å². The molecular weight excluding hydrogens is 234 g/mol. The van der Waals surface area contributed by atoms with Crippen LogP contribution < -0.4 is 0 Å². The molecule has 1 atom stereocenters. The van der Waals surface area contributed by atoms with Crippen molar-refractivity contribution >= 4 is 17.5 Å². The maximum absolute atomic E-state index is 11.9. The van der Waals surface area contributed by atoms with Crippen LogP contribution >= 0.6 is 11.6 Å². The molecule has 0 N–H and O–H groups in total. The zero-order valence-corrected chi connectivity index (χ0v) is 10.5. The Balaban J connectivity index is 2.00. The van der Waals surface area contributed by atoms with Gasteiger partial charge < -0.3 is 4.90 Å². The first kappa shape index (κ1) is 12.2. The van der Waals surface area contributed by atoms with E-state index in [1.165, 1.54) is 5.56 Å². The highest BCUT2D eigenvalue weighted by Gasteiger charge is 2.32. The summed E-state index contributed by atoms with van der Waals surface area (Å²) in [5.41, 5.74) is 1.17. The van der Waals surface area contributed by atoms with Crippen LogP contribution in [0.2, 0.25) is 5.02 Å². The minimum absolute atomic E-state index is 0.219. The number of carbonyl (C=O) groups is 1. The van der Waals surface area contributed by atoms with Crippen molar-refractivity contribution < 1.29 is 4.79 Å². The quantitative estimate of drug-likeness (QED) is 0.747. The monoisotopic (exact) mass is 249 g/mol. The van der Waals surface area contributed by atoms with Crippen LogP contribution in [0.3, 0.4) is 0 Å². The third-order valence-electron chi connectivity index (χ3n) is 3.16. The minimum Gasteiger partial charge on any atom is -0.335 e. The van der Waals surface area contributed by atoms with Crippen molar-refractivity contribution in [2.75, 3.05) is 6.54 Å². The van der Waals surface area contributed by atoms with Crippen LogP contribution in [0.1, 0.15) is 30.9 Å². The van der Waals surface area contributed by atoms with Gasteiger partial charge in [-0.15, -0.1) is 6.58 Å². The topological polar surface area (TPSA) is 20.3 Å². The lowest BCUT2D eigenvalue weighted by molar-refractivity contribution is -0.139. The van der Waals surface area contributed by atoms with Crippen LogP contribution in [0.15, 0.2) is 36.9 Å². The first-order valence-corrected chi connectivity index (χ1v) is 6.26. The van der Waals surface area contributed by atoms with Gasteiger partial charge in [0.2, 0.25) is 5.91 Å². The molecule has 1 amide bonds. The van der Waals surface area contributed by atoms with Crippen molar-refractivity contribution in [1.29, 1.82) is 0 Å². The molecule has 0 aromatic heterocycles. The van der Waals surface area contributed by atoms with E-state index in [-0.39, 0.29) is 11.9 Å². The lowest BCUT2D eigenvalue weighted by Gasteiger charge is -2.41. The number of hydrogen-bond acceptors (Lipinski definition) is 1. The number of nitrogens with zero attached hydrogens (tertiary/aromatic N) is 1. The van der Waals surface area contributed by atoms with E-state index >= 15 is 0 Å². The van der Waals surface area contributed by atoms with E-state index in [1.807, 2.05) is 29.2 Å². The molecule has 1 heterocycles. The average Bonchev–Trinajstić information content (AvgIpc) is 2.28. The summed E-state index contributed by atoms with van der Waals surface area (Å²) in [5.74, 6) is 0.219. The van der Waals surface area contributed by atoms with Crippen molar-refractivity contribution in [3.8, 4) is 0 Å². The Kier molecular flexibility index (Phi) is 3.85. The van der Waals surface area contributed by atoms with Crippen molar-refractivity contribution in [1.82, 2.24) is 4.90 Å². The normalized spacial score (nSPS) is 18.6. The van der Waals surface area contributed by atoms with Crippen LogP contribution in [-0.2, 0) is 4.79 Å². The summed E-state index contributed by atoms with van der Waals surface area (Å²) in [6.07, 6.45) is 4.15. The van der Waals surface area contributed by atoms with Crippen molar-refractivity contribution in [2.45, 2.75) is 25.3 Å². The first-order valence-electron chi connectivity index (χ1n) is 5.88. The fourth-order valence-corrected chi connectivity index (χ4v) is 2.21. The summed E-state index contributed by atoms with van der Waals surface area (Å²) >= 11 is 5.85. The molecule has 1 aliphatic rings. The van der Waals surface area contributed by atoms with Crippen LogP contribution in [0, 0.1) is 0 Å². The molecule has 0 unspecified atom stereocenters. The summed E-state index contributed by atoms with van der Waals surface area (Å²) in [5, 5.41) is 0.734. The van der Waals surface area contributed by atoms with E-state index in [0.717, 1.165) is 24.4 Å². The molecule has 2 rings (SSSR count). The molecule has 1 aliphatic heterocycles. The van der Waals surface area contributed by atoms with Gasteiger partial charge in [-0.3, -0.25) is 4.79 Å². The maximum atomic E-state index is 11.9. The van der Waals surface area contributed by atoms with Gasteiger partial charge in [-0.25, -0.2) is 0 Å². The van der Waals surface area contributed by atoms with Crippen LogP contribution in [0.4, 0.5) is 0 Å². The third-order valence-corrected chi connectivity index (χ3v) is 3.41. The van der Waals surface area contributed by atoms with E-state index < -0.39 is 0 Å². The number of benzene rings is 1. The molecule has 0 saturated carbocycles. The molecule has 0 spiro atoms. The van der Waals surface area contributed by atoms with Crippen LogP contribution in [0.25, 0.3) is 0 Å². The van der Waals surface area contributed by atoms with Gasteiger partial charge in [0.15, 0.2) is 0 Å². The van der Waals surface area contributed by atoms with E-state index in [2.05, 4.69) is 6.58 Å². The van der Waals surface area contributed by atoms with E-state index in [0.29, 0.717) is 6.42 Å². The van der Waals surface area contributed by atoms with Gasteiger partial charge >= 0.3 is 0 Å². The second-order valence-corrected chi connectivity index (χ2v) is 4.71. The molecule has 0 radical (unpaired) electrons. The Bertz CT molecular complexity index is 413. The van der Waals surface area contributed by atoms with Gasteiger partial charge in [-0.2, -0.15) is 0 Å². The van der Waals surface area contributed by atoms with Crippen LogP contribution in [0.5, 0.6) is 0 Å². The lowest BCUT2D eigenvalue weighted by atomic mass is 9.94. The highest BCUT2D eigenvalue weighted by Crippen LogP contribution is 2.34. The summed E-state index contributed by atoms with van der Waals surface area (Å²) in [4.78, 5) is 13.8. The summed E-state index contributed by atoms with van der Waals surface area (Å²) < 4.78 is 0. The largest absolute Gasteiger partial charge is 0.335 e. The van der Waals surface area contributed by atoms with Gasteiger partial charge in [0.25, 0.3) is 0 Å². The molecule has 1 fully saturated rings. The summed E-state index contributed by atoms with van der Waals surface area (Å²) in [6.45, 7) is 4.50. The van der Waals surface area contributed by atoms with Gasteiger partial charge in [0, 0.05) is 18.0 Å². The van der Waals surface area contributed by atoms with Gasteiger partial charge in [0.05, 0.1) is 6.04 Å². The smallest absolute Gasteiger partial charge is 0.223 e. The molecule has 1 aromatic rings. The molecule has 0 bridgehead atoms. The number of rotatable bonds is 4. The standard InChI is InChI=1S/C14H16ClNO/c1-2-3-4-14(17)16-10-9-13(16)11-5-7-12(15)8-6-11/h2,5-8,13H,1,3-4,9-10H2/t13-/m1/s1. The Morgan fingerprint density at radius 2 is 2.18 bits per heavy atom. The van der Waals surface area contributed by atoms with E-state index in [4.69, 9.17) is 11.6 Å². The highest BCUT2D eigenvalue weighted by atomic mass is 35.5. The SMILES string of the molecule is C=CCCC(=O)N1CC[C@@H]1c1ccc(Cl)cc1. The number of allylic oxidation sites excluding steroid dienone is 1. The number of halogens is 1. The third kappa shape index (κ3) is 2.70. The minimum atomic E-state index is 0.219. The second kappa shape index (κ2) is 5.37. The van der Waals surface area contributed by atoms with E-state index in [1.54, 1.807) is 6.08 Å². The average molecular weight is 250 g/mol. The molecule has 1 saturated heterocycles. The number of carbonyl (C=O) groups excluding carboxylic acids is 1. The number of likely N-dealkylation sites (tertiary alicyclic amines) is 1.